The summed E-state index contributed by atoms with van der Waals surface area (Å²) < 4.78 is 5.65. The number of ether oxygens (including phenoxy) is 1. The van der Waals surface area contributed by atoms with Crippen LogP contribution in [0.5, 0.6) is 5.75 Å². The van der Waals surface area contributed by atoms with E-state index in [0.29, 0.717) is 6.61 Å². The third-order valence-corrected chi connectivity index (χ3v) is 2.93. The Morgan fingerprint density at radius 1 is 1.00 bits per heavy atom. The van der Waals surface area contributed by atoms with Crippen molar-refractivity contribution >= 4 is 18.3 Å². The summed E-state index contributed by atoms with van der Waals surface area (Å²) in [5.74, 6) is 0.848. The molecule has 2 aromatic rings. The van der Waals surface area contributed by atoms with Crippen LogP contribution >= 0.6 is 12.6 Å². The molecule has 0 saturated carbocycles. The summed E-state index contributed by atoms with van der Waals surface area (Å²) in [6.07, 6.45) is 0. The monoisotopic (exact) mass is 245 g/mol. The molecule has 0 aliphatic carbocycles. The van der Waals surface area contributed by atoms with Gasteiger partial charge in [0.05, 0.1) is 5.25 Å². The van der Waals surface area contributed by atoms with Gasteiger partial charge in [0.2, 0.25) is 0 Å². The largest absolute Gasteiger partial charge is 0.492 e. The van der Waals surface area contributed by atoms with Gasteiger partial charge in [-0.3, -0.25) is 0 Å². The first kappa shape index (κ1) is 11.9. The number of hydrogen-bond donors (Lipinski definition) is 2. The van der Waals surface area contributed by atoms with Crippen molar-refractivity contribution in [1.29, 1.82) is 0 Å². The second-order valence-corrected chi connectivity index (χ2v) is 4.39. The zero-order chi connectivity index (χ0) is 12.1. The van der Waals surface area contributed by atoms with Crippen molar-refractivity contribution in [3.63, 3.8) is 0 Å². The van der Waals surface area contributed by atoms with E-state index >= 15 is 0 Å². The number of benzene rings is 2. The Kier molecular flexibility index (Phi) is 3.94. The minimum absolute atomic E-state index is 0.0172. The predicted molar refractivity (Wildman–Crippen MR) is 74.5 cm³/mol. The van der Waals surface area contributed by atoms with Crippen molar-refractivity contribution in [3.05, 3.63) is 60.2 Å². The molecule has 88 valence electrons. The normalized spacial score (nSPS) is 12.1. The van der Waals surface area contributed by atoms with Crippen molar-refractivity contribution in [3.8, 4) is 5.75 Å². The second-order valence-electron chi connectivity index (χ2n) is 3.77. The highest BCUT2D eigenvalue weighted by molar-refractivity contribution is 7.80. The Hall–Kier alpha value is -1.61. The lowest BCUT2D eigenvalue weighted by Crippen LogP contribution is -2.07. The number of para-hydroxylation sites is 2. The van der Waals surface area contributed by atoms with Crippen LogP contribution in [0.25, 0.3) is 0 Å². The van der Waals surface area contributed by atoms with E-state index in [1.807, 2.05) is 54.6 Å². The highest BCUT2D eigenvalue weighted by Gasteiger charge is 2.09. The minimum atomic E-state index is -0.0172. The number of thiol groups is 1. The van der Waals surface area contributed by atoms with Crippen LogP contribution in [0.2, 0.25) is 0 Å². The molecule has 1 unspecified atom stereocenters. The van der Waals surface area contributed by atoms with Crippen LogP contribution in [0.1, 0.15) is 10.8 Å². The van der Waals surface area contributed by atoms with Gasteiger partial charge < -0.3 is 10.5 Å². The summed E-state index contributed by atoms with van der Waals surface area (Å²) in [4.78, 5) is 0. The minimum Gasteiger partial charge on any atom is -0.492 e. The first-order chi connectivity index (χ1) is 8.27. The van der Waals surface area contributed by atoms with Crippen LogP contribution in [0.15, 0.2) is 54.6 Å². The van der Waals surface area contributed by atoms with E-state index < -0.39 is 0 Å². The smallest absolute Gasteiger partial charge is 0.119 e. The maximum absolute atomic E-state index is 5.89. The fourth-order valence-electron chi connectivity index (χ4n) is 1.60. The van der Waals surface area contributed by atoms with Crippen molar-refractivity contribution in [2.24, 2.45) is 0 Å². The van der Waals surface area contributed by atoms with Gasteiger partial charge in [0.15, 0.2) is 0 Å². The molecule has 17 heavy (non-hydrogen) atoms. The van der Waals surface area contributed by atoms with Gasteiger partial charge >= 0.3 is 0 Å². The molecule has 3 heteroatoms. The van der Waals surface area contributed by atoms with E-state index in [4.69, 9.17) is 10.5 Å². The van der Waals surface area contributed by atoms with E-state index in [1.54, 1.807) is 0 Å². The van der Waals surface area contributed by atoms with E-state index in [0.717, 1.165) is 17.0 Å². The van der Waals surface area contributed by atoms with Gasteiger partial charge in [0.25, 0.3) is 0 Å². The number of nitrogen functional groups attached to an aromatic ring is 1. The lowest BCUT2D eigenvalue weighted by atomic mass is 10.1. The molecule has 0 saturated heterocycles. The second kappa shape index (κ2) is 5.64. The van der Waals surface area contributed by atoms with Crippen molar-refractivity contribution < 1.29 is 4.74 Å². The topological polar surface area (TPSA) is 35.2 Å². The van der Waals surface area contributed by atoms with Gasteiger partial charge in [-0.25, -0.2) is 0 Å². The molecular formula is C14H15NOS. The van der Waals surface area contributed by atoms with Gasteiger partial charge in [-0.1, -0.05) is 36.4 Å². The zero-order valence-electron chi connectivity index (χ0n) is 9.41. The molecule has 0 bridgehead atoms. The summed E-state index contributed by atoms with van der Waals surface area (Å²) >= 11 is 4.51. The molecule has 0 aliphatic heterocycles. The molecule has 0 aromatic heterocycles. The van der Waals surface area contributed by atoms with Crippen molar-refractivity contribution in [2.45, 2.75) is 5.25 Å². The van der Waals surface area contributed by atoms with Crippen LogP contribution in [0.3, 0.4) is 0 Å². The predicted octanol–water partition coefficient (Wildman–Crippen LogP) is 3.32. The molecule has 0 radical (unpaired) electrons. The quantitative estimate of drug-likeness (QED) is 0.640. The summed E-state index contributed by atoms with van der Waals surface area (Å²) in [5.41, 5.74) is 7.65. The van der Waals surface area contributed by atoms with E-state index in [-0.39, 0.29) is 5.25 Å². The number of rotatable bonds is 4. The first-order valence-corrected chi connectivity index (χ1v) is 5.99. The number of hydrogen-bond acceptors (Lipinski definition) is 3. The summed E-state index contributed by atoms with van der Waals surface area (Å²) in [6, 6.07) is 17.4. The molecule has 0 aliphatic rings. The lowest BCUT2D eigenvalue weighted by molar-refractivity contribution is 0.319. The third-order valence-electron chi connectivity index (χ3n) is 2.51. The standard InChI is InChI=1S/C14H15NOS/c15-13-9-5-4-8-12(13)14(17)10-16-11-6-2-1-3-7-11/h1-9,14,17H,10,15H2. The molecule has 0 spiro atoms. The molecular weight excluding hydrogens is 230 g/mol. The Morgan fingerprint density at radius 2 is 1.65 bits per heavy atom. The fraction of sp³-hybridized carbons (Fsp3) is 0.143. The highest BCUT2D eigenvalue weighted by atomic mass is 32.1. The Labute approximate surface area is 107 Å². The third kappa shape index (κ3) is 3.17. The molecule has 0 heterocycles. The molecule has 2 rings (SSSR count). The molecule has 2 nitrogen and oxygen atoms in total. The van der Waals surface area contributed by atoms with Crippen molar-refractivity contribution in [2.75, 3.05) is 12.3 Å². The van der Waals surface area contributed by atoms with Gasteiger partial charge in [-0.15, -0.1) is 0 Å². The average Bonchev–Trinajstić information content (AvgIpc) is 2.38. The van der Waals surface area contributed by atoms with Crippen LogP contribution < -0.4 is 10.5 Å². The fourth-order valence-corrected chi connectivity index (χ4v) is 1.91. The van der Waals surface area contributed by atoms with E-state index in [1.165, 1.54) is 0 Å². The Morgan fingerprint density at radius 3 is 2.35 bits per heavy atom. The van der Waals surface area contributed by atoms with Gasteiger partial charge in [0, 0.05) is 5.69 Å². The molecule has 0 fully saturated rings. The zero-order valence-corrected chi connectivity index (χ0v) is 10.3. The van der Waals surface area contributed by atoms with E-state index in [2.05, 4.69) is 12.6 Å². The average molecular weight is 245 g/mol. The molecule has 1 atom stereocenters. The Bertz CT molecular complexity index is 473. The van der Waals surface area contributed by atoms with E-state index in [9.17, 15) is 0 Å². The van der Waals surface area contributed by atoms with Crippen LogP contribution in [-0.2, 0) is 0 Å². The maximum Gasteiger partial charge on any atom is 0.119 e. The SMILES string of the molecule is Nc1ccccc1C(S)COc1ccccc1. The summed E-state index contributed by atoms with van der Waals surface area (Å²) in [6.45, 7) is 0.501. The first-order valence-electron chi connectivity index (χ1n) is 5.47. The molecule has 2 aromatic carbocycles. The highest BCUT2D eigenvalue weighted by Crippen LogP contribution is 2.26. The van der Waals surface area contributed by atoms with Crippen LogP contribution in [0, 0.1) is 0 Å². The summed E-state index contributed by atoms with van der Waals surface area (Å²) in [5, 5.41) is -0.0172. The molecule has 2 N–H and O–H groups in total. The number of nitrogens with two attached hydrogens (primary N) is 1. The number of anilines is 1. The summed E-state index contributed by atoms with van der Waals surface area (Å²) in [7, 11) is 0. The van der Waals surface area contributed by atoms with Gasteiger partial charge in [-0.05, 0) is 23.8 Å². The Balaban J connectivity index is 1.99. The molecule has 0 amide bonds. The van der Waals surface area contributed by atoms with Crippen molar-refractivity contribution in [1.82, 2.24) is 0 Å². The van der Waals surface area contributed by atoms with Crippen LogP contribution in [-0.4, -0.2) is 6.61 Å². The maximum atomic E-state index is 5.89. The lowest BCUT2D eigenvalue weighted by Gasteiger charge is -2.14. The van der Waals surface area contributed by atoms with Gasteiger partial charge in [0.1, 0.15) is 12.4 Å². The van der Waals surface area contributed by atoms with Crippen LogP contribution in [0.4, 0.5) is 5.69 Å². The van der Waals surface area contributed by atoms with Gasteiger partial charge in [-0.2, -0.15) is 12.6 Å².